The zero-order chi connectivity index (χ0) is 14.6. The lowest BCUT2D eigenvalue weighted by molar-refractivity contribution is 0.0949. The summed E-state index contributed by atoms with van der Waals surface area (Å²) < 4.78 is 47.4. The van der Waals surface area contributed by atoms with Gasteiger partial charge in [-0.25, -0.2) is 22.3 Å². The van der Waals surface area contributed by atoms with Crippen LogP contribution in [0.25, 0.3) is 0 Å². The van der Waals surface area contributed by atoms with E-state index in [-0.39, 0.29) is 24.4 Å². The first-order chi connectivity index (χ1) is 8.70. The normalized spacial score (nSPS) is 11.3. The van der Waals surface area contributed by atoms with Gasteiger partial charge in [-0.1, -0.05) is 0 Å². The fraction of sp³-hybridized carbons (Fsp3) is 0.300. The molecule has 6 nitrogen and oxygen atoms in total. The van der Waals surface area contributed by atoms with Crippen molar-refractivity contribution >= 4 is 21.6 Å². The zero-order valence-corrected chi connectivity index (χ0v) is 10.6. The van der Waals surface area contributed by atoms with E-state index in [1.54, 1.807) is 0 Å². The standard InChI is InChI=1S/C10H13F2N3O3S/c11-7-5-8(12)9(13)4-6(7)10(16)15-2-1-3-19(14,17)18/h4-5H,1-3,13H2,(H,15,16)(H2,14,17,18). The Hall–Kier alpha value is -1.74. The minimum atomic E-state index is -3.60. The summed E-state index contributed by atoms with van der Waals surface area (Å²) in [7, 11) is -3.60. The van der Waals surface area contributed by atoms with Gasteiger partial charge in [-0.2, -0.15) is 0 Å². The van der Waals surface area contributed by atoms with Crippen molar-refractivity contribution in [1.82, 2.24) is 5.32 Å². The molecule has 0 saturated carbocycles. The molecular formula is C10H13F2N3O3S. The molecule has 1 aromatic carbocycles. The lowest BCUT2D eigenvalue weighted by atomic mass is 10.1. The minimum absolute atomic E-state index is 0.00795. The second-order valence-electron chi connectivity index (χ2n) is 3.83. The van der Waals surface area contributed by atoms with Crippen LogP contribution < -0.4 is 16.2 Å². The van der Waals surface area contributed by atoms with Gasteiger partial charge in [-0.15, -0.1) is 0 Å². The van der Waals surface area contributed by atoms with E-state index >= 15 is 0 Å². The lowest BCUT2D eigenvalue weighted by Crippen LogP contribution is -2.28. The summed E-state index contributed by atoms with van der Waals surface area (Å²) >= 11 is 0. The molecule has 0 fully saturated rings. The molecule has 106 valence electrons. The van der Waals surface area contributed by atoms with E-state index in [1.807, 2.05) is 0 Å². The molecule has 5 N–H and O–H groups in total. The van der Waals surface area contributed by atoms with Gasteiger partial charge in [-0.05, 0) is 12.5 Å². The molecule has 1 rings (SSSR count). The van der Waals surface area contributed by atoms with Gasteiger partial charge in [0.1, 0.15) is 11.6 Å². The van der Waals surface area contributed by atoms with Crippen LogP contribution in [0.15, 0.2) is 12.1 Å². The van der Waals surface area contributed by atoms with Crippen LogP contribution in [0.2, 0.25) is 0 Å². The Balaban J connectivity index is 2.62. The summed E-state index contributed by atoms with van der Waals surface area (Å²) in [6.07, 6.45) is 0.0862. The first-order valence-corrected chi connectivity index (χ1v) is 6.95. The number of nitrogen functional groups attached to an aromatic ring is 1. The summed E-state index contributed by atoms with van der Waals surface area (Å²) in [5.41, 5.74) is 4.46. The summed E-state index contributed by atoms with van der Waals surface area (Å²) in [5, 5.41) is 7.05. The number of halogens is 2. The number of nitrogens with one attached hydrogen (secondary N) is 1. The van der Waals surface area contributed by atoms with Crippen LogP contribution in [0.4, 0.5) is 14.5 Å². The van der Waals surface area contributed by atoms with Crippen LogP contribution >= 0.6 is 0 Å². The Morgan fingerprint density at radius 3 is 2.47 bits per heavy atom. The maximum atomic E-state index is 13.3. The highest BCUT2D eigenvalue weighted by Crippen LogP contribution is 2.16. The number of anilines is 1. The van der Waals surface area contributed by atoms with E-state index in [1.165, 1.54) is 0 Å². The maximum absolute atomic E-state index is 13.3. The Morgan fingerprint density at radius 1 is 1.26 bits per heavy atom. The molecule has 0 aliphatic carbocycles. The number of primary sulfonamides is 1. The zero-order valence-electron chi connectivity index (χ0n) is 9.82. The first kappa shape index (κ1) is 15.3. The van der Waals surface area contributed by atoms with Gasteiger partial charge in [-0.3, -0.25) is 4.79 Å². The van der Waals surface area contributed by atoms with Crippen molar-refractivity contribution in [3.63, 3.8) is 0 Å². The number of hydrogen-bond donors (Lipinski definition) is 3. The third-order valence-electron chi connectivity index (χ3n) is 2.22. The SMILES string of the molecule is Nc1cc(C(=O)NCCCS(N)(=O)=O)c(F)cc1F. The molecule has 1 amide bonds. The molecule has 19 heavy (non-hydrogen) atoms. The van der Waals surface area contributed by atoms with Crippen LogP contribution in [-0.4, -0.2) is 26.6 Å². The average molecular weight is 293 g/mol. The van der Waals surface area contributed by atoms with Gasteiger partial charge in [0.25, 0.3) is 5.91 Å². The number of rotatable bonds is 5. The van der Waals surface area contributed by atoms with Crippen molar-refractivity contribution in [3.8, 4) is 0 Å². The van der Waals surface area contributed by atoms with Crippen molar-refractivity contribution in [2.45, 2.75) is 6.42 Å². The molecule has 0 saturated heterocycles. The number of carbonyl (C=O) groups is 1. The van der Waals surface area contributed by atoms with Crippen molar-refractivity contribution in [1.29, 1.82) is 0 Å². The fourth-order valence-corrected chi connectivity index (χ4v) is 1.86. The molecule has 0 unspecified atom stereocenters. The number of carbonyl (C=O) groups excluding carboxylic acids is 1. The van der Waals surface area contributed by atoms with Crippen molar-refractivity contribution in [2.75, 3.05) is 18.0 Å². The van der Waals surface area contributed by atoms with Crippen LogP contribution in [-0.2, 0) is 10.0 Å². The van der Waals surface area contributed by atoms with E-state index in [4.69, 9.17) is 10.9 Å². The molecule has 9 heteroatoms. The molecule has 0 aliphatic heterocycles. The van der Waals surface area contributed by atoms with Gasteiger partial charge < -0.3 is 11.1 Å². The van der Waals surface area contributed by atoms with Gasteiger partial charge in [0.2, 0.25) is 10.0 Å². The minimum Gasteiger partial charge on any atom is -0.396 e. The Morgan fingerprint density at radius 2 is 1.89 bits per heavy atom. The molecule has 0 spiro atoms. The predicted octanol–water partition coefficient (Wildman–Crippen LogP) is -0.0446. The van der Waals surface area contributed by atoms with Crippen LogP contribution in [0, 0.1) is 11.6 Å². The van der Waals surface area contributed by atoms with E-state index in [0.29, 0.717) is 6.07 Å². The van der Waals surface area contributed by atoms with E-state index in [9.17, 15) is 22.0 Å². The Labute approximate surface area is 108 Å². The fourth-order valence-electron chi connectivity index (χ4n) is 1.31. The van der Waals surface area contributed by atoms with Gasteiger partial charge >= 0.3 is 0 Å². The summed E-state index contributed by atoms with van der Waals surface area (Å²) in [4.78, 5) is 11.5. The molecule has 0 aliphatic rings. The number of benzene rings is 1. The summed E-state index contributed by atoms with van der Waals surface area (Å²) in [6.45, 7) is -0.00795. The van der Waals surface area contributed by atoms with E-state index in [0.717, 1.165) is 6.07 Å². The second kappa shape index (κ2) is 5.93. The molecule has 0 atom stereocenters. The molecule has 1 aromatic rings. The second-order valence-corrected chi connectivity index (χ2v) is 5.56. The Bertz CT molecular complexity index is 590. The Kier molecular flexibility index (Phi) is 4.78. The quantitative estimate of drug-likeness (QED) is 0.521. The molecule has 0 radical (unpaired) electrons. The maximum Gasteiger partial charge on any atom is 0.254 e. The lowest BCUT2D eigenvalue weighted by Gasteiger charge is -2.07. The first-order valence-electron chi connectivity index (χ1n) is 5.24. The van der Waals surface area contributed by atoms with Crippen molar-refractivity contribution in [2.24, 2.45) is 5.14 Å². The third kappa shape index (κ3) is 4.79. The van der Waals surface area contributed by atoms with Crippen molar-refractivity contribution in [3.05, 3.63) is 29.3 Å². The van der Waals surface area contributed by atoms with Crippen LogP contribution in [0.1, 0.15) is 16.8 Å². The van der Waals surface area contributed by atoms with Gasteiger partial charge in [0.15, 0.2) is 0 Å². The van der Waals surface area contributed by atoms with Gasteiger partial charge in [0.05, 0.1) is 17.0 Å². The largest absolute Gasteiger partial charge is 0.396 e. The smallest absolute Gasteiger partial charge is 0.254 e. The molecule has 0 heterocycles. The van der Waals surface area contributed by atoms with Crippen LogP contribution in [0.5, 0.6) is 0 Å². The number of nitrogens with two attached hydrogens (primary N) is 2. The van der Waals surface area contributed by atoms with Crippen LogP contribution in [0.3, 0.4) is 0 Å². The monoisotopic (exact) mass is 293 g/mol. The number of sulfonamides is 1. The van der Waals surface area contributed by atoms with Gasteiger partial charge in [0, 0.05) is 12.6 Å². The van der Waals surface area contributed by atoms with Crippen molar-refractivity contribution < 1.29 is 22.0 Å². The molecule has 0 aromatic heterocycles. The highest BCUT2D eigenvalue weighted by molar-refractivity contribution is 7.89. The predicted molar refractivity (Wildman–Crippen MR) is 65.7 cm³/mol. The summed E-state index contributed by atoms with van der Waals surface area (Å²) in [5.74, 6) is -3.11. The third-order valence-corrected chi connectivity index (χ3v) is 3.08. The van der Waals surface area contributed by atoms with E-state index < -0.39 is 33.1 Å². The topological polar surface area (TPSA) is 115 Å². The highest BCUT2D eigenvalue weighted by Gasteiger charge is 2.14. The molecule has 0 bridgehead atoms. The molecular weight excluding hydrogens is 280 g/mol. The highest BCUT2D eigenvalue weighted by atomic mass is 32.2. The summed E-state index contributed by atoms with van der Waals surface area (Å²) in [6, 6.07) is 1.38. The average Bonchev–Trinajstić information content (AvgIpc) is 2.28. The number of hydrogen-bond acceptors (Lipinski definition) is 4. The number of amides is 1. The van der Waals surface area contributed by atoms with E-state index in [2.05, 4.69) is 5.32 Å².